The van der Waals surface area contributed by atoms with Crippen molar-refractivity contribution < 1.29 is 14.4 Å². The van der Waals surface area contributed by atoms with Crippen molar-refractivity contribution in [2.24, 2.45) is 0 Å². The zero-order chi connectivity index (χ0) is 17.1. The number of carbonyl (C=O) groups is 3. The summed E-state index contributed by atoms with van der Waals surface area (Å²) in [5, 5.41) is 6.14. The Kier molecular flexibility index (Phi) is 4.47. The summed E-state index contributed by atoms with van der Waals surface area (Å²) in [7, 11) is 0. The molecule has 0 unspecified atom stereocenters. The van der Waals surface area contributed by atoms with Gasteiger partial charge >= 0.3 is 5.69 Å². The van der Waals surface area contributed by atoms with E-state index in [9.17, 15) is 19.2 Å². The van der Waals surface area contributed by atoms with E-state index in [2.05, 4.69) is 15.4 Å². The summed E-state index contributed by atoms with van der Waals surface area (Å²) in [6, 6.07) is 8.67. The molecule has 124 valence electrons. The molecule has 0 spiro atoms. The number of H-pyrrole nitrogens is 1. The molecule has 1 fully saturated rings. The number of aromatic amines is 1. The molecule has 1 saturated heterocycles. The van der Waals surface area contributed by atoms with Crippen LogP contribution in [0.2, 0.25) is 0 Å². The summed E-state index contributed by atoms with van der Waals surface area (Å²) in [6.07, 6.45) is 0. The molecule has 1 aliphatic heterocycles. The van der Waals surface area contributed by atoms with Gasteiger partial charge in [-0.25, -0.2) is 4.79 Å². The molecular formula is C14H13N5O4S. The summed E-state index contributed by atoms with van der Waals surface area (Å²) in [5.41, 5.74) is -0.00395. The molecule has 3 rings (SSSR count). The number of nitrogens with one attached hydrogen (secondary N) is 2. The maximum Gasteiger partial charge on any atom is 0.348 e. The van der Waals surface area contributed by atoms with Crippen molar-refractivity contribution in [1.29, 1.82) is 0 Å². The van der Waals surface area contributed by atoms with Gasteiger partial charge in [0.1, 0.15) is 0 Å². The highest BCUT2D eigenvalue weighted by Gasteiger charge is 2.29. The first-order valence-electron chi connectivity index (χ1n) is 7.06. The zero-order valence-corrected chi connectivity index (χ0v) is 13.2. The number of para-hydroxylation sites is 1. The summed E-state index contributed by atoms with van der Waals surface area (Å²) in [4.78, 5) is 50.2. The molecule has 1 aliphatic rings. The molecular weight excluding hydrogens is 334 g/mol. The monoisotopic (exact) mass is 347 g/mol. The van der Waals surface area contributed by atoms with E-state index >= 15 is 0 Å². The molecule has 2 aromatic rings. The van der Waals surface area contributed by atoms with E-state index in [1.165, 1.54) is 0 Å². The smallest absolute Gasteiger partial charge is 0.348 e. The highest BCUT2D eigenvalue weighted by Crippen LogP contribution is 2.17. The molecule has 2 heterocycles. The predicted molar refractivity (Wildman–Crippen MR) is 86.1 cm³/mol. The largest absolute Gasteiger partial charge is 0.348 e. The van der Waals surface area contributed by atoms with Crippen LogP contribution in [-0.4, -0.2) is 55.6 Å². The van der Waals surface area contributed by atoms with Crippen LogP contribution < -0.4 is 11.0 Å². The molecule has 10 heteroatoms. The van der Waals surface area contributed by atoms with Gasteiger partial charge in [0.05, 0.1) is 11.4 Å². The number of hydrogen-bond acceptors (Lipinski definition) is 6. The van der Waals surface area contributed by atoms with Gasteiger partial charge in [0, 0.05) is 13.1 Å². The van der Waals surface area contributed by atoms with Gasteiger partial charge in [-0.1, -0.05) is 30.0 Å². The van der Waals surface area contributed by atoms with Crippen LogP contribution in [0.1, 0.15) is 10.6 Å². The normalized spacial score (nSPS) is 14.2. The van der Waals surface area contributed by atoms with Crippen LogP contribution in [0, 0.1) is 0 Å². The Balaban J connectivity index is 1.63. The van der Waals surface area contributed by atoms with E-state index in [1.54, 1.807) is 30.3 Å². The van der Waals surface area contributed by atoms with Crippen LogP contribution in [0.3, 0.4) is 0 Å². The summed E-state index contributed by atoms with van der Waals surface area (Å²) >= 11 is 0.933. The molecule has 3 amide bonds. The first-order chi connectivity index (χ1) is 11.6. The van der Waals surface area contributed by atoms with Crippen molar-refractivity contribution >= 4 is 28.8 Å². The summed E-state index contributed by atoms with van der Waals surface area (Å²) in [5.74, 6) is -0.881. The zero-order valence-electron chi connectivity index (χ0n) is 12.4. The molecule has 0 saturated carbocycles. The summed E-state index contributed by atoms with van der Waals surface area (Å²) < 4.78 is 1.08. The molecule has 9 nitrogen and oxygen atoms in total. The van der Waals surface area contributed by atoms with Crippen molar-refractivity contribution in [3.63, 3.8) is 0 Å². The minimum absolute atomic E-state index is 0.0805. The van der Waals surface area contributed by atoms with Gasteiger partial charge in [-0.05, 0) is 12.1 Å². The fourth-order valence-electron chi connectivity index (χ4n) is 2.13. The Hall–Kier alpha value is -2.88. The van der Waals surface area contributed by atoms with E-state index in [-0.39, 0.29) is 35.8 Å². The second-order valence-corrected chi connectivity index (χ2v) is 5.81. The molecule has 24 heavy (non-hydrogen) atoms. The van der Waals surface area contributed by atoms with E-state index in [4.69, 9.17) is 0 Å². The van der Waals surface area contributed by atoms with E-state index < -0.39 is 11.6 Å². The first-order valence-corrected chi connectivity index (χ1v) is 8.05. The molecule has 1 aromatic carbocycles. The number of benzene rings is 1. The lowest BCUT2D eigenvalue weighted by atomic mass is 10.3. The minimum Gasteiger partial charge on any atom is -0.348 e. The summed E-state index contributed by atoms with van der Waals surface area (Å²) in [6.45, 7) is 0.164. The lowest BCUT2D eigenvalue weighted by molar-refractivity contribution is -0.124. The Morgan fingerprint density at radius 1 is 1.25 bits per heavy atom. The third-order valence-electron chi connectivity index (χ3n) is 3.30. The van der Waals surface area contributed by atoms with Crippen LogP contribution in [0.25, 0.3) is 5.69 Å². The number of nitrogens with zero attached hydrogens (tertiary/aromatic N) is 3. The maximum absolute atomic E-state index is 12.0. The fourth-order valence-corrected chi connectivity index (χ4v) is 2.88. The van der Waals surface area contributed by atoms with Gasteiger partial charge < -0.3 is 5.32 Å². The van der Waals surface area contributed by atoms with Crippen LogP contribution in [0.4, 0.5) is 4.79 Å². The SMILES string of the molecule is O=C(NCCN1C(=O)CSC1=O)c1nn(-c2ccccc2)c(=O)[nH]1. The molecule has 2 N–H and O–H groups in total. The van der Waals surface area contributed by atoms with E-state index in [0.29, 0.717) is 5.69 Å². The molecule has 0 aliphatic carbocycles. The van der Waals surface area contributed by atoms with E-state index in [0.717, 1.165) is 21.3 Å². The topological polar surface area (TPSA) is 117 Å². The number of amides is 3. The average Bonchev–Trinajstić information content (AvgIpc) is 3.12. The average molecular weight is 347 g/mol. The maximum atomic E-state index is 12.0. The number of imide groups is 1. The van der Waals surface area contributed by atoms with Crippen molar-refractivity contribution in [1.82, 2.24) is 25.0 Å². The van der Waals surface area contributed by atoms with Crippen molar-refractivity contribution in [2.75, 3.05) is 18.8 Å². The van der Waals surface area contributed by atoms with Gasteiger partial charge in [-0.3, -0.25) is 24.3 Å². The van der Waals surface area contributed by atoms with Crippen molar-refractivity contribution in [3.05, 3.63) is 46.6 Å². The number of hydrogen-bond donors (Lipinski definition) is 2. The van der Waals surface area contributed by atoms with E-state index in [1.807, 2.05) is 0 Å². The van der Waals surface area contributed by atoms with Crippen LogP contribution in [0.5, 0.6) is 0 Å². The highest BCUT2D eigenvalue weighted by molar-refractivity contribution is 8.14. The Labute approximate surface area is 140 Å². The number of thioether (sulfide) groups is 1. The Morgan fingerprint density at radius 2 is 2.00 bits per heavy atom. The third-order valence-corrected chi connectivity index (χ3v) is 4.15. The number of carbonyl (C=O) groups excluding carboxylic acids is 3. The van der Waals surface area contributed by atoms with Crippen LogP contribution in [0.15, 0.2) is 35.1 Å². The second kappa shape index (κ2) is 6.71. The van der Waals surface area contributed by atoms with Crippen LogP contribution >= 0.6 is 11.8 Å². The second-order valence-electron chi connectivity index (χ2n) is 4.88. The number of aromatic nitrogens is 3. The fraction of sp³-hybridized carbons (Fsp3) is 0.214. The molecule has 0 bridgehead atoms. The molecule has 0 atom stereocenters. The lowest BCUT2D eigenvalue weighted by Crippen LogP contribution is -2.37. The quantitative estimate of drug-likeness (QED) is 0.785. The number of rotatable bonds is 5. The standard InChI is InChI=1S/C14H13N5O4S/c20-10-8-24-14(23)18(10)7-6-15-12(21)11-16-13(22)19(17-11)9-4-2-1-3-5-9/h1-5H,6-8H2,(H,15,21)(H,16,17,22). The Bertz CT molecular complexity index is 828. The van der Waals surface area contributed by atoms with Gasteiger partial charge in [-0.2, -0.15) is 4.68 Å². The first kappa shape index (κ1) is 16.0. The van der Waals surface area contributed by atoms with Crippen LogP contribution in [-0.2, 0) is 4.79 Å². The molecule has 0 radical (unpaired) electrons. The van der Waals surface area contributed by atoms with Gasteiger partial charge in [0.2, 0.25) is 11.7 Å². The highest BCUT2D eigenvalue weighted by atomic mass is 32.2. The lowest BCUT2D eigenvalue weighted by Gasteiger charge is -2.12. The third kappa shape index (κ3) is 3.23. The van der Waals surface area contributed by atoms with Gasteiger partial charge in [0.25, 0.3) is 11.1 Å². The van der Waals surface area contributed by atoms with Crippen molar-refractivity contribution in [2.45, 2.75) is 0 Å². The minimum atomic E-state index is -0.589. The predicted octanol–water partition coefficient (Wildman–Crippen LogP) is -0.0142. The van der Waals surface area contributed by atoms with Gasteiger partial charge in [0.15, 0.2) is 0 Å². The molecule has 1 aromatic heterocycles. The van der Waals surface area contributed by atoms with Crippen molar-refractivity contribution in [3.8, 4) is 5.69 Å². The Morgan fingerprint density at radius 3 is 2.67 bits per heavy atom. The van der Waals surface area contributed by atoms with Gasteiger partial charge in [-0.15, -0.1) is 5.10 Å².